The molecule has 0 bridgehead atoms. The van der Waals surface area contributed by atoms with Crippen molar-refractivity contribution in [2.75, 3.05) is 5.43 Å². The summed E-state index contributed by atoms with van der Waals surface area (Å²) in [5, 5.41) is 4.88. The first-order chi connectivity index (χ1) is 11.0. The molecule has 0 aliphatic carbocycles. The van der Waals surface area contributed by atoms with E-state index in [1.807, 2.05) is 37.3 Å². The van der Waals surface area contributed by atoms with Gasteiger partial charge in [0.15, 0.2) is 5.58 Å². The lowest BCUT2D eigenvalue weighted by Gasteiger charge is -2.05. The van der Waals surface area contributed by atoms with Crippen molar-refractivity contribution in [2.45, 2.75) is 13.5 Å². The van der Waals surface area contributed by atoms with Crippen LogP contribution in [-0.2, 0) is 6.54 Å². The van der Waals surface area contributed by atoms with E-state index in [0.29, 0.717) is 17.2 Å². The Morgan fingerprint density at radius 3 is 2.91 bits per heavy atom. The van der Waals surface area contributed by atoms with E-state index in [-0.39, 0.29) is 0 Å². The van der Waals surface area contributed by atoms with Crippen molar-refractivity contribution in [3.63, 3.8) is 0 Å². The zero-order valence-corrected chi connectivity index (χ0v) is 14.6. The Labute approximate surface area is 145 Å². The molecule has 2 aromatic carbocycles. The molecule has 0 aliphatic heterocycles. The van der Waals surface area contributed by atoms with Crippen LogP contribution in [0.15, 0.2) is 61.3 Å². The summed E-state index contributed by atoms with van der Waals surface area (Å²) >= 11 is 9.37. The highest BCUT2D eigenvalue weighted by Gasteiger charge is 2.09. The summed E-state index contributed by atoms with van der Waals surface area (Å²) < 4.78 is 7.57. The Bertz CT molecular complexity index is 946. The number of anilines is 1. The predicted molar refractivity (Wildman–Crippen MR) is 96.4 cm³/mol. The number of rotatable bonds is 4. The lowest BCUT2D eigenvalue weighted by atomic mass is 10.3. The third-order valence-corrected chi connectivity index (χ3v) is 4.49. The van der Waals surface area contributed by atoms with Gasteiger partial charge in [0, 0.05) is 4.47 Å². The summed E-state index contributed by atoms with van der Waals surface area (Å²) in [6, 6.07) is 12.8. The number of nitrogens with one attached hydrogen (secondary N) is 1. The SMILES string of the molecule is CC(Cn1c(=O)oc2ccccc21)=NNc1ccc(Br)c(Cl)c1. The van der Waals surface area contributed by atoms with E-state index >= 15 is 0 Å². The van der Waals surface area contributed by atoms with E-state index in [1.165, 1.54) is 0 Å². The van der Waals surface area contributed by atoms with Crippen LogP contribution < -0.4 is 11.2 Å². The molecule has 0 aliphatic rings. The van der Waals surface area contributed by atoms with Crippen LogP contribution in [0.1, 0.15) is 6.92 Å². The monoisotopic (exact) mass is 393 g/mol. The van der Waals surface area contributed by atoms with Crippen LogP contribution in [0.2, 0.25) is 5.02 Å². The highest BCUT2D eigenvalue weighted by molar-refractivity contribution is 9.10. The first-order valence-corrected chi connectivity index (χ1v) is 8.04. The molecule has 0 spiro atoms. The number of nitrogens with zero attached hydrogens (tertiary/aromatic N) is 2. The Hall–Kier alpha value is -2.05. The second kappa shape index (κ2) is 6.60. The molecule has 0 saturated carbocycles. The van der Waals surface area contributed by atoms with Gasteiger partial charge in [-0.15, -0.1) is 0 Å². The number of hydrazone groups is 1. The smallest absolute Gasteiger partial charge is 0.408 e. The minimum Gasteiger partial charge on any atom is -0.408 e. The zero-order chi connectivity index (χ0) is 16.4. The topological polar surface area (TPSA) is 59.5 Å². The molecule has 0 radical (unpaired) electrons. The molecular formula is C16H13BrClN3O2. The van der Waals surface area contributed by atoms with Gasteiger partial charge in [-0.05, 0) is 53.2 Å². The molecule has 0 unspecified atom stereocenters. The molecule has 1 N–H and O–H groups in total. The Morgan fingerprint density at radius 1 is 1.35 bits per heavy atom. The second-order valence-electron chi connectivity index (χ2n) is 5.01. The van der Waals surface area contributed by atoms with Gasteiger partial charge in [0.1, 0.15) is 0 Å². The van der Waals surface area contributed by atoms with Crippen molar-refractivity contribution in [1.82, 2.24) is 4.57 Å². The van der Waals surface area contributed by atoms with Gasteiger partial charge >= 0.3 is 5.76 Å². The lowest BCUT2D eigenvalue weighted by molar-refractivity contribution is 0.522. The summed E-state index contributed by atoms with van der Waals surface area (Å²) in [6.07, 6.45) is 0. The summed E-state index contributed by atoms with van der Waals surface area (Å²) in [5.74, 6) is -0.396. The van der Waals surface area contributed by atoms with Gasteiger partial charge in [-0.2, -0.15) is 5.10 Å². The highest BCUT2D eigenvalue weighted by Crippen LogP contribution is 2.25. The molecule has 23 heavy (non-hydrogen) atoms. The number of para-hydroxylation sites is 2. The summed E-state index contributed by atoms with van der Waals surface area (Å²) in [4.78, 5) is 11.9. The Morgan fingerprint density at radius 2 is 2.13 bits per heavy atom. The fraction of sp³-hybridized carbons (Fsp3) is 0.125. The first-order valence-electron chi connectivity index (χ1n) is 6.87. The number of oxazole rings is 1. The number of benzene rings is 2. The van der Waals surface area contributed by atoms with Crippen molar-refractivity contribution >= 4 is 50.0 Å². The molecular weight excluding hydrogens is 382 g/mol. The number of halogens is 2. The van der Waals surface area contributed by atoms with E-state index in [2.05, 4.69) is 26.5 Å². The zero-order valence-electron chi connectivity index (χ0n) is 12.2. The van der Waals surface area contributed by atoms with Gasteiger partial charge in [0.2, 0.25) is 0 Å². The largest absolute Gasteiger partial charge is 0.420 e. The minimum atomic E-state index is -0.396. The fourth-order valence-electron chi connectivity index (χ4n) is 2.15. The molecule has 118 valence electrons. The predicted octanol–water partition coefficient (Wildman–Crippen LogP) is 4.50. The molecule has 3 aromatic rings. The Kier molecular flexibility index (Phi) is 4.54. The van der Waals surface area contributed by atoms with Crippen LogP contribution >= 0.6 is 27.5 Å². The van der Waals surface area contributed by atoms with Crippen molar-refractivity contribution in [2.24, 2.45) is 5.10 Å². The van der Waals surface area contributed by atoms with Crippen LogP contribution in [0.5, 0.6) is 0 Å². The van der Waals surface area contributed by atoms with E-state index in [4.69, 9.17) is 16.0 Å². The van der Waals surface area contributed by atoms with E-state index in [1.54, 1.807) is 16.7 Å². The van der Waals surface area contributed by atoms with Crippen molar-refractivity contribution in [1.29, 1.82) is 0 Å². The first kappa shape index (κ1) is 15.8. The number of fused-ring (bicyclic) bond motifs is 1. The third-order valence-electron chi connectivity index (χ3n) is 3.26. The average Bonchev–Trinajstić information content (AvgIpc) is 2.84. The lowest BCUT2D eigenvalue weighted by Crippen LogP contribution is -2.19. The van der Waals surface area contributed by atoms with Gasteiger partial charge in [0.05, 0.1) is 28.5 Å². The van der Waals surface area contributed by atoms with Crippen molar-refractivity contribution in [3.8, 4) is 0 Å². The average molecular weight is 395 g/mol. The van der Waals surface area contributed by atoms with Crippen LogP contribution in [0.25, 0.3) is 11.1 Å². The van der Waals surface area contributed by atoms with E-state index in [0.717, 1.165) is 21.4 Å². The molecule has 0 atom stereocenters. The quantitative estimate of drug-likeness (QED) is 0.523. The molecule has 7 heteroatoms. The second-order valence-corrected chi connectivity index (χ2v) is 6.27. The van der Waals surface area contributed by atoms with Gasteiger partial charge in [-0.1, -0.05) is 23.7 Å². The van der Waals surface area contributed by atoms with Crippen LogP contribution in [-0.4, -0.2) is 10.3 Å². The molecule has 1 aromatic heterocycles. The van der Waals surface area contributed by atoms with E-state index in [9.17, 15) is 4.79 Å². The molecule has 0 amide bonds. The molecule has 1 heterocycles. The van der Waals surface area contributed by atoms with Gasteiger partial charge in [0.25, 0.3) is 0 Å². The van der Waals surface area contributed by atoms with Crippen molar-refractivity contribution < 1.29 is 4.42 Å². The number of hydrogen-bond acceptors (Lipinski definition) is 4. The molecule has 0 fully saturated rings. The molecule has 0 saturated heterocycles. The normalized spacial score (nSPS) is 11.9. The summed E-state index contributed by atoms with van der Waals surface area (Å²) in [5.41, 5.74) is 5.75. The summed E-state index contributed by atoms with van der Waals surface area (Å²) in [7, 11) is 0. The summed E-state index contributed by atoms with van der Waals surface area (Å²) in [6.45, 7) is 2.18. The molecule has 3 rings (SSSR count). The number of aromatic nitrogens is 1. The third kappa shape index (κ3) is 3.48. The number of hydrogen-bond donors (Lipinski definition) is 1. The van der Waals surface area contributed by atoms with Gasteiger partial charge in [-0.25, -0.2) is 4.79 Å². The van der Waals surface area contributed by atoms with Gasteiger partial charge < -0.3 is 4.42 Å². The van der Waals surface area contributed by atoms with Crippen molar-refractivity contribution in [3.05, 3.63) is 62.5 Å². The van der Waals surface area contributed by atoms with Crippen LogP contribution in [0.4, 0.5) is 5.69 Å². The van der Waals surface area contributed by atoms with Crippen LogP contribution in [0.3, 0.4) is 0 Å². The van der Waals surface area contributed by atoms with Gasteiger partial charge in [-0.3, -0.25) is 9.99 Å². The molecule has 5 nitrogen and oxygen atoms in total. The van der Waals surface area contributed by atoms with E-state index < -0.39 is 5.76 Å². The maximum atomic E-state index is 11.9. The fourth-order valence-corrected chi connectivity index (χ4v) is 2.58. The maximum Gasteiger partial charge on any atom is 0.420 e. The maximum absolute atomic E-state index is 11.9. The van der Waals surface area contributed by atoms with Crippen LogP contribution in [0, 0.1) is 0 Å². The highest BCUT2D eigenvalue weighted by atomic mass is 79.9. The Balaban J connectivity index is 1.80. The minimum absolute atomic E-state index is 0.340. The standard InChI is InChI=1S/C16H13BrClN3O2/c1-10(19-20-11-6-7-12(17)13(18)8-11)9-21-14-4-2-3-5-15(14)23-16(21)22/h2-8,20H,9H2,1H3.